The smallest absolute Gasteiger partial charge is 0.260 e. The Morgan fingerprint density at radius 2 is 2.16 bits per heavy atom. The molecule has 1 heterocycles. The molecule has 2 atom stereocenters. The van der Waals surface area contributed by atoms with Crippen LogP contribution < -0.4 is 10.5 Å². The standard InChI is InChI=1S/C11H20N4O2S2/c1-15-7-13-10(12)11(15)19(16,17)14-8-5-3-4-6-9(8)18-2/h7-9,14H,3-6,12H2,1-2H3. The zero-order valence-electron chi connectivity index (χ0n) is 11.2. The van der Waals surface area contributed by atoms with Crippen molar-refractivity contribution < 1.29 is 8.42 Å². The molecule has 2 rings (SSSR count). The van der Waals surface area contributed by atoms with Crippen LogP contribution in [0.2, 0.25) is 0 Å². The first kappa shape index (κ1) is 14.7. The molecule has 1 aliphatic carbocycles. The normalized spacial score (nSPS) is 24.5. The van der Waals surface area contributed by atoms with Crippen LogP contribution in [-0.2, 0) is 17.1 Å². The number of sulfonamides is 1. The lowest BCUT2D eigenvalue weighted by Gasteiger charge is -2.30. The Morgan fingerprint density at radius 1 is 1.47 bits per heavy atom. The quantitative estimate of drug-likeness (QED) is 0.864. The molecule has 0 aliphatic heterocycles. The second-order valence-corrected chi connectivity index (χ2v) is 7.54. The maximum Gasteiger partial charge on any atom is 0.260 e. The van der Waals surface area contributed by atoms with Crippen LogP contribution in [0.25, 0.3) is 0 Å². The van der Waals surface area contributed by atoms with Gasteiger partial charge in [-0.05, 0) is 19.1 Å². The number of nitrogens with one attached hydrogen (secondary N) is 1. The van der Waals surface area contributed by atoms with E-state index in [4.69, 9.17) is 5.73 Å². The van der Waals surface area contributed by atoms with E-state index < -0.39 is 10.0 Å². The molecule has 19 heavy (non-hydrogen) atoms. The molecule has 0 saturated heterocycles. The molecule has 0 bridgehead atoms. The number of hydrogen-bond acceptors (Lipinski definition) is 5. The topological polar surface area (TPSA) is 90.0 Å². The SMILES string of the molecule is CSC1CCCCC1NS(=O)(=O)c1c(N)ncn1C. The Hall–Kier alpha value is -0.730. The first-order chi connectivity index (χ1) is 8.95. The number of nitrogens with zero attached hydrogens (tertiary/aromatic N) is 2. The number of imidazole rings is 1. The first-order valence-corrected chi connectivity index (χ1v) is 9.04. The number of nitrogens with two attached hydrogens (primary N) is 1. The van der Waals surface area contributed by atoms with Gasteiger partial charge in [-0.2, -0.15) is 11.8 Å². The molecule has 2 unspecified atom stereocenters. The largest absolute Gasteiger partial charge is 0.381 e. The van der Waals surface area contributed by atoms with Gasteiger partial charge in [0.15, 0.2) is 10.8 Å². The molecular weight excluding hydrogens is 284 g/mol. The molecule has 8 heteroatoms. The van der Waals surface area contributed by atoms with Crippen LogP contribution >= 0.6 is 11.8 Å². The van der Waals surface area contributed by atoms with Crippen molar-refractivity contribution in [1.29, 1.82) is 0 Å². The number of aryl methyl sites for hydroxylation is 1. The summed E-state index contributed by atoms with van der Waals surface area (Å²) < 4.78 is 29.0. The summed E-state index contributed by atoms with van der Waals surface area (Å²) in [4.78, 5) is 3.83. The van der Waals surface area contributed by atoms with Crippen LogP contribution in [0, 0.1) is 0 Å². The highest BCUT2D eigenvalue weighted by Crippen LogP contribution is 2.28. The van der Waals surface area contributed by atoms with Crippen molar-refractivity contribution in [2.75, 3.05) is 12.0 Å². The van der Waals surface area contributed by atoms with Crippen LogP contribution in [0.3, 0.4) is 0 Å². The van der Waals surface area contributed by atoms with Crippen LogP contribution in [0.1, 0.15) is 25.7 Å². The zero-order valence-corrected chi connectivity index (χ0v) is 12.8. The van der Waals surface area contributed by atoms with Gasteiger partial charge in [-0.1, -0.05) is 12.8 Å². The summed E-state index contributed by atoms with van der Waals surface area (Å²) in [5, 5.41) is 0.385. The van der Waals surface area contributed by atoms with E-state index in [-0.39, 0.29) is 16.9 Å². The highest BCUT2D eigenvalue weighted by Gasteiger charge is 2.31. The molecule has 0 amide bonds. The minimum atomic E-state index is -3.61. The summed E-state index contributed by atoms with van der Waals surface area (Å²) >= 11 is 1.72. The van der Waals surface area contributed by atoms with E-state index in [0.717, 1.165) is 25.7 Å². The van der Waals surface area contributed by atoms with Crippen molar-refractivity contribution >= 4 is 27.6 Å². The van der Waals surface area contributed by atoms with Gasteiger partial charge in [0.25, 0.3) is 10.0 Å². The average molecular weight is 304 g/mol. The van der Waals surface area contributed by atoms with Crippen LogP contribution in [-0.4, -0.2) is 35.5 Å². The molecule has 1 aromatic heterocycles. The number of thioether (sulfide) groups is 1. The van der Waals surface area contributed by atoms with Gasteiger partial charge < -0.3 is 10.3 Å². The van der Waals surface area contributed by atoms with E-state index in [1.54, 1.807) is 18.8 Å². The van der Waals surface area contributed by atoms with E-state index >= 15 is 0 Å². The first-order valence-electron chi connectivity index (χ1n) is 6.27. The Bertz CT molecular complexity index is 521. The summed E-state index contributed by atoms with van der Waals surface area (Å²) in [5.74, 6) is 0.0477. The molecule has 108 valence electrons. The molecule has 0 radical (unpaired) electrons. The average Bonchev–Trinajstić information content (AvgIpc) is 2.70. The van der Waals surface area contributed by atoms with Gasteiger partial charge >= 0.3 is 0 Å². The number of aromatic nitrogens is 2. The van der Waals surface area contributed by atoms with Crippen molar-refractivity contribution in [2.45, 2.75) is 42.0 Å². The minimum absolute atomic E-state index is 0.0250. The highest BCUT2D eigenvalue weighted by molar-refractivity contribution is 7.99. The van der Waals surface area contributed by atoms with Gasteiger partial charge in [-0.3, -0.25) is 0 Å². The summed E-state index contributed by atoms with van der Waals surface area (Å²) in [6, 6.07) is -0.0250. The van der Waals surface area contributed by atoms with Gasteiger partial charge in [0.2, 0.25) is 0 Å². The van der Waals surface area contributed by atoms with E-state index in [2.05, 4.69) is 9.71 Å². The molecule has 1 aromatic rings. The highest BCUT2D eigenvalue weighted by atomic mass is 32.2. The van der Waals surface area contributed by atoms with Crippen molar-refractivity contribution in [3.05, 3.63) is 6.33 Å². The van der Waals surface area contributed by atoms with E-state index in [0.29, 0.717) is 5.25 Å². The molecule has 6 nitrogen and oxygen atoms in total. The molecule has 0 spiro atoms. The van der Waals surface area contributed by atoms with E-state index in [1.165, 1.54) is 10.9 Å². The van der Waals surface area contributed by atoms with Gasteiger partial charge in [-0.15, -0.1) is 0 Å². The lowest BCUT2D eigenvalue weighted by Crippen LogP contribution is -2.44. The molecule has 3 N–H and O–H groups in total. The number of hydrogen-bond donors (Lipinski definition) is 2. The minimum Gasteiger partial charge on any atom is -0.381 e. The van der Waals surface area contributed by atoms with Gasteiger partial charge in [0.1, 0.15) is 0 Å². The lowest BCUT2D eigenvalue weighted by molar-refractivity contribution is 0.422. The van der Waals surface area contributed by atoms with Crippen LogP contribution in [0.15, 0.2) is 11.4 Å². The molecule has 0 aromatic carbocycles. The second kappa shape index (κ2) is 5.72. The third kappa shape index (κ3) is 3.06. The fourth-order valence-corrected chi connectivity index (χ4v) is 5.10. The fraction of sp³-hybridized carbons (Fsp3) is 0.727. The third-order valence-electron chi connectivity index (χ3n) is 3.48. The summed E-state index contributed by atoms with van der Waals surface area (Å²) in [6.45, 7) is 0. The number of anilines is 1. The Balaban J connectivity index is 2.21. The van der Waals surface area contributed by atoms with Crippen LogP contribution in [0.4, 0.5) is 5.82 Å². The van der Waals surface area contributed by atoms with Crippen molar-refractivity contribution in [3.63, 3.8) is 0 Å². The molecular formula is C11H20N4O2S2. The maximum absolute atomic E-state index is 12.4. The summed E-state index contributed by atoms with van der Waals surface area (Å²) in [7, 11) is -1.98. The molecule has 1 fully saturated rings. The molecule has 1 aliphatic rings. The monoisotopic (exact) mass is 304 g/mol. The fourth-order valence-electron chi connectivity index (χ4n) is 2.53. The molecule has 1 saturated carbocycles. The van der Waals surface area contributed by atoms with Crippen molar-refractivity contribution in [3.8, 4) is 0 Å². The van der Waals surface area contributed by atoms with Gasteiger partial charge in [-0.25, -0.2) is 18.1 Å². The van der Waals surface area contributed by atoms with E-state index in [9.17, 15) is 8.42 Å². The maximum atomic E-state index is 12.4. The lowest BCUT2D eigenvalue weighted by atomic mass is 9.96. The Morgan fingerprint density at radius 3 is 2.74 bits per heavy atom. The van der Waals surface area contributed by atoms with E-state index in [1.807, 2.05) is 6.26 Å². The van der Waals surface area contributed by atoms with Crippen molar-refractivity contribution in [1.82, 2.24) is 14.3 Å². The van der Waals surface area contributed by atoms with Crippen molar-refractivity contribution in [2.24, 2.45) is 7.05 Å². The summed E-state index contributed by atoms with van der Waals surface area (Å²) in [5.41, 5.74) is 5.64. The third-order valence-corrected chi connectivity index (χ3v) is 6.26. The van der Waals surface area contributed by atoms with Crippen LogP contribution in [0.5, 0.6) is 0 Å². The Labute approximate surface area is 118 Å². The van der Waals surface area contributed by atoms with Gasteiger partial charge in [0.05, 0.1) is 6.33 Å². The second-order valence-electron chi connectivity index (χ2n) is 4.83. The van der Waals surface area contributed by atoms with Gasteiger partial charge in [0, 0.05) is 18.3 Å². The zero-order chi connectivity index (χ0) is 14.0. The predicted molar refractivity (Wildman–Crippen MR) is 77.5 cm³/mol. The number of rotatable bonds is 4. The Kier molecular flexibility index (Phi) is 4.42. The predicted octanol–water partition coefficient (Wildman–Crippen LogP) is 0.955. The summed E-state index contributed by atoms with van der Waals surface area (Å²) in [6.07, 6.45) is 7.59. The number of nitrogen functional groups attached to an aromatic ring is 1.